The van der Waals surface area contributed by atoms with Gasteiger partial charge in [-0.3, -0.25) is 10.4 Å². The van der Waals surface area contributed by atoms with Gasteiger partial charge in [-0.05, 0) is 25.0 Å². The van der Waals surface area contributed by atoms with Gasteiger partial charge >= 0.3 is 0 Å². The number of hydrogen-bond acceptors (Lipinski definition) is 4. The van der Waals surface area contributed by atoms with Crippen molar-refractivity contribution in [3.8, 4) is 0 Å². The Morgan fingerprint density at radius 3 is 3.11 bits per heavy atom. The molecule has 0 radical (unpaired) electrons. The summed E-state index contributed by atoms with van der Waals surface area (Å²) in [5.74, 6) is 0.0234. The molecule has 0 amide bonds. The summed E-state index contributed by atoms with van der Waals surface area (Å²) < 4.78 is 5.89. The van der Waals surface area contributed by atoms with Crippen molar-refractivity contribution in [1.82, 2.24) is 4.98 Å². The second-order valence-electron chi connectivity index (χ2n) is 5.27. The van der Waals surface area contributed by atoms with Crippen LogP contribution in [0.25, 0.3) is 0 Å². The van der Waals surface area contributed by atoms with Crippen molar-refractivity contribution in [2.24, 2.45) is 5.73 Å². The summed E-state index contributed by atoms with van der Waals surface area (Å²) in [6.45, 7) is 1.68. The summed E-state index contributed by atoms with van der Waals surface area (Å²) in [6.07, 6.45) is 6.97. The molecule has 1 saturated heterocycles. The quantitative estimate of drug-likeness (QED) is 0.624. The van der Waals surface area contributed by atoms with Gasteiger partial charge in [-0.1, -0.05) is 12.8 Å². The second-order valence-corrected chi connectivity index (χ2v) is 5.27. The topological polar surface area (TPSA) is 75.2 Å². The van der Waals surface area contributed by atoms with Gasteiger partial charge in [0.05, 0.1) is 18.8 Å². The number of fused-ring (bicyclic) bond motifs is 1. The first-order valence-corrected chi connectivity index (χ1v) is 6.94. The maximum Gasteiger partial charge on any atom is 0.141 e. The van der Waals surface area contributed by atoms with Crippen LogP contribution in [0.2, 0.25) is 0 Å². The molecule has 1 aliphatic carbocycles. The van der Waals surface area contributed by atoms with Gasteiger partial charge in [0, 0.05) is 18.4 Å². The van der Waals surface area contributed by atoms with E-state index in [1.165, 1.54) is 19.3 Å². The smallest absolute Gasteiger partial charge is 0.141 e. The molecule has 1 aromatic rings. The Kier molecular flexibility index (Phi) is 3.38. The van der Waals surface area contributed by atoms with Gasteiger partial charge in [-0.15, -0.1) is 0 Å². The van der Waals surface area contributed by atoms with Gasteiger partial charge in [0.15, 0.2) is 0 Å². The van der Waals surface area contributed by atoms with E-state index in [-0.39, 0.29) is 5.84 Å². The highest BCUT2D eigenvalue weighted by Crippen LogP contribution is 2.31. The molecule has 19 heavy (non-hydrogen) atoms. The van der Waals surface area contributed by atoms with Gasteiger partial charge in [0.25, 0.3) is 0 Å². The zero-order valence-electron chi connectivity index (χ0n) is 11.0. The molecule has 2 unspecified atom stereocenters. The van der Waals surface area contributed by atoms with Crippen molar-refractivity contribution in [3.05, 3.63) is 24.0 Å². The zero-order chi connectivity index (χ0) is 13.2. The predicted molar refractivity (Wildman–Crippen MR) is 74.6 cm³/mol. The van der Waals surface area contributed by atoms with E-state index in [0.717, 1.165) is 25.3 Å². The summed E-state index contributed by atoms with van der Waals surface area (Å²) in [7, 11) is 0. The number of aromatic nitrogens is 1. The number of nitrogen functional groups attached to an aromatic ring is 1. The number of hydrogen-bond donors (Lipinski definition) is 2. The number of nitrogens with zero attached hydrogens (tertiary/aromatic N) is 2. The number of nitrogens with two attached hydrogens (primary N) is 1. The number of morpholine rings is 1. The van der Waals surface area contributed by atoms with Crippen LogP contribution in [0.5, 0.6) is 0 Å². The summed E-state index contributed by atoms with van der Waals surface area (Å²) in [6, 6.07) is 4.38. The van der Waals surface area contributed by atoms with E-state index in [0.29, 0.717) is 17.8 Å². The second kappa shape index (κ2) is 5.17. The molecule has 5 nitrogen and oxygen atoms in total. The van der Waals surface area contributed by atoms with Gasteiger partial charge in [0.1, 0.15) is 11.5 Å². The molecule has 2 aliphatic rings. The van der Waals surface area contributed by atoms with Crippen LogP contribution in [-0.4, -0.2) is 36.1 Å². The highest BCUT2D eigenvalue weighted by Gasteiger charge is 2.34. The Morgan fingerprint density at radius 2 is 2.26 bits per heavy atom. The van der Waals surface area contributed by atoms with E-state index in [1.807, 2.05) is 12.1 Å². The first kappa shape index (κ1) is 12.4. The first-order chi connectivity index (χ1) is 9.25. The molecule has 1 aliphatic heterocycles. The molecule has 3 rings (SSSR count). The molecular weight excluding hydrogens is 240 g/mol. The minimum atomic E-state index is 0.0234. The van der Waals surface area contributed by atoms with Crippen LogP contribution < -0.4 is 10.6 Å². The lowest BCUT2D eigenvalue weighted by atomic mass is 9.90. The molecule has 1 aromatic heterocycles. The molecule has 2 atom stereocenters. The number of amidine groups is 1. The Bertz CT molecular complexity index is 474. The maximum atomic E-state index is 7.50. The van der Waals surface area contributed by atoms with E-state index in [1.54, 1.807) is 6.20 Å². The van der Waals surface area contributed by atoms with Crippen molar-refractivity contribution in [2.45, 2.75) is 37.8 Å². The third-order valence-corrected chi connectivity index (χ3v) is 4.08. The Labute approximate surface area is 113 Å². The third-order valence-electron chi connectivity index (χ3n) is 4.08. The van der Waals surface area contributed by atoms with Crippen LogP contribution in [0.4, 0.5) is 5.69 Å². The van der Waals surface area contributed by atoms with Crippen molar-refractivity contribution in [3.63, 3.8) is 0 Å². The number of nitrogens with one attached hydrogen (secondary N) is 1. The van der Waals surface area contributed by atoms with Crippen molar-refractivity contribution in [1.29, 1.82) is 5.41 Å². The number of rotatable bonds is 2. The largest absolute Gasteiger partial charge is 0.382 e. The number of anilines is 1. The molecule has 0 bridgehead atoms. The van der Waals surface area contributed by atoms with Crippen LogP contribution in [-0.2, 0) is 4.74 Å². The maximum absolute atomic E-state index is 7.50. The van der Waals surface area contributed by atoms with Crippen molar-refractivity contribution in [2.75, 3.05) is 18.1 Å². The SMILES string of the molecule is N=C(N)c1cc(N2CCOC3CCCCC32)ccn1. The van der Waals surface area contributed by atoms with Gasteiger partial charge in [0.2, 0.25) is 0 Å². The van der Waals surface area contributed by atoms with Crippen LogP contribution in [0, 0.1) is 5.41 Å². The molecule has 0 spiro atoms. The summed E-state index contributed by atoms with van der Waals surface area (Å²) >= 11 is 0. The van der Waals surface area contributed by atoms with Gasteiger partial charge < -0.3 is 15.4 Å². The average Bonchev–Trinajstić information content (AvgIpc) is 2.47. The lowest BCUT2D eigenvalue weighted by Gasteiger charge is -2.45. The average molecular weight is 260 g/mol. The van der Waals surface area contributed by atoms with Crippen LogP contribution in [0.3, 0.4) is 0 Å². The van der Waals surface area contributed by atoms with Gasteiger partial charge in [-0.25, -0.2) is 0 Å². The van der Waals surface area contributed by atoms with E-state index in [9.17, 15) is 0 Å². The van der Waals surface area contributed by atoms with E-state index < -0.39 is 0 Å². The minimum absolute atomic E-state index is 0.0234. The van der Waals surface area contributed by atoms with Crippen LogP contribution in [0.15, 0.2) is 18.3 Å². The standard InChI is InChI=1S/C14H20N4O/c15-14(16)11-9-10(5-6-17-11)18-7-8-19-13-4-2-1-3-12(13)18/h5-6,9,12-13H,1-4,7-8H2,(H3,15,16). The highest BCUT2D eigenvalue weighted by atomic mass is 16.5. The minimum Gasteiger partial charge on any atom is -0.382 e. The van der Waals surface area contributed by atoms with E-state index in [2.05, 4.69) is 9.88 Å². The molecule has 102 valence electrons. The fraction of sp³-hybridized carbons (Fsp3) is 0.571. The molecule has 3 N–H and O–H groups in total. The summed E-state index contributed by atoms with van der Waals surface area (Å²) in [5.41, 5.74) is 7.19. The van der Waals surface area contributed by atoms with E-state index >= 15 is 0 Å². The number of ether oxygens (including phenoxy) is 1. The lowest BCUT2D eigenvalue weighted by molar-refractivity contribution is -0.00868. The number of pyridine rings is 1. The van der Waals surface area contributed by atoms with Crippen molar-refractivity contribution < 1.29 is 4.74 Å². The summed E-state index contributed by atoms with van der Waals surface area (Å²) in [5, 5.41) is 7.50. The lowest BCUT2D eigenvalue weighted by Crippen LogP contribution is -2.52. The monoisotopic (exact) mass is 260 g/mol. The van der Waals surface area contributed by atoms with E-state index in [4.69, 9.17) is 15.9 Å². The molecule has 5 heteroatoms. The zero-order valence-corrected chi connectivity index (χ0v) is 11.0. The molecule has 2 heterocycles. The molecule has 2 fully saturated rings. The highest BCUT2D eigenvalue weighted by molar-refractivity contribution is 5.93. The Hall–Kier alpha value is -1.62. The third kappa shape index (κ3) is 2.42. The normalized spacial score (nSPS) is 26.8. The molecule has 1 saturated carbocycles. The molecular formula is C14H20N4O. The molecule has 0 aromatic carbocycles. The fourth-order valence-corrected chi connectivity index (χ4v) is 3.16. The van der Waals surface area contributed by atoms with Gasteiger partial charge in [-0.2, -0.15) is 0 Å². The summed E-state index contributed by atoms with van der Waals surface area (Å²) in [4.78, 5) is 6.53. The van der Waals surface area contributed by atoms with Crippen LogP contribution in [0.1, 0.15) is 31.4 Å². The fourth-order valence-electron chi connectivity index (χ4n) is 3.16. The predicted octanol–water partition coefficient (Wildman–Crippen LogP) is 1.51. The van der Waals surface area contributed by atoms with Crippen molar-refractivity contribution >= 4 is 11.5 Å². The van der Waals surface area contributed by atoms with Crippen LogP contribution >= 0.6 is 0 Å². The Balaban J connectivity index is 1.87. The Morgan fingerprint density at radius 1 is 1.42 bits per heavy atom. The first-order valence-electron chi connectivity index (χ1n) is 6.94.